The molecule has 6 nitrogen and oxygen atoms in total. The number of nitrogens with one attached hydrogen (secondary N) is 2. The largest absolute Gasteiger partial charge is 0.320 e. The molecule has 0 fully saturated rings. The van der Waals surface area contributed by atoms with Gasteiger partial charge in [-0.05, 0) is 12.1 Å². The number of halogens is 2. The van der Waals surface area contributed by atoms with E-state index >= 15 is 0 Å². The van der Waals surface area contributed by atoms with Crippen molar-refractivity contribution in [3.05, 3.63) is 29.8 Å². The van der Waals surface area contributed by atoms with E-state index < -0.39 is 40.0 Å². The van der Waals surface area contributed by atoms with E-state index in [0.29, 0.717) is 0 Å². The number of para-hydroxylation sites is 1. The van der Waals surface area contributed by atoms with Crippen LogP contribution in [-0.2, 0) is 15.0 Å². The van der Waals surface area contributed by atoms with Crippen molar-refractivity contribution in [1.82, 2.24) is 9.03 Å². The van der Waals surface area contributed by atoms with Gasteiger partial charge in [-0.2, -0.15) is 17.4 Å². The standard InChI is InChI=1S/C10H13F2N3O3S/c1-15(2)19(17,18)13-6-9(16)14-10-7(11)4-3-5-8(10)12/h3-5,13H,6H2,1-2H3,(H,14,16). The topological polar surface area (TPSA) is 78.5 Å². The van der Waals surface area contributed by atoms with Gasteiger partial charge in [0.2, 0.25) is 5.91 Å². The number of hydrogen-bond donors (Lipinski definition) is 2. The molecule has 0 aliphatic carbocycles. The molecule has 0 unspecified atom stereocenters. The number of rotatable bonds is 5. The van der Waals surface area contributed by atoms with Gasteiger partial charge in [0, 0.05) is 14.1 Å². The van der Waals surface area contributed by atoms with Gasteiger partial charge >= 0.3 is 0 Å². The van der Waals surface area contributed by atoms with Crippen molar-refractivity contribution in [3.63, 3.8) is 0 Å². The van der Waals surface area contributed by atoms with Crippen molar-refractivity contribution in [2.45, 2.75) is 0 Å². The lowest BCUT2D eigenvalue weighted by Gasteiger charge is -2.12. The first-order valence-electron chi connectivity index (χ1n) is 5.15. The van der Waals surface area contributed by atoms with Crippen molar-refractivity contribution in [2.75, 3.05) is 26.0 Å². The molecule has 1 aromatic rings. The predicted octanol–water partition coefficient (Wildman–Crippen LogP) is 0.299. The van der Waals surface area contributed by atoms with Crippen LogP contribution in [0.2, 0.25) is 0 Å². The number of anilines is 1. The van der Waals surface area contributed by atoms with E-state index in [1.807, 2.05) is 10.0 Å². The molecule has 106 valence electrons. The summed E-state index contributed by atoms with van der Waals surface area (Å²) in [6, 6.07) is 3.10. The maximum Gasteiger partial charge on any atom is 0.279 e. The van der Waals surface area contributed by atoms with Crippen molar-refractivity contribution >= 4 is 21.8 Å². The van der Waals surface area contributed by atoms with Crippen LogP contribution in [0.15, 0.2) is 18.2 Å². The van der Waals surface area contributed by atoms with Gasteiger partial charge in [-0.1, -0.05) is 6.07 Å². The lowest BCUT2D eigenvalue weighted by molar-refractivity contribution is -0.115. The minimum atomic E-state index is -3.77. The highest BCUT2D eigenvalue weighted by Crippen LogP contribution is 2.17. The number of hydrogen-bond acceptors (Lipinski definition) is 3. The second-order valence-corrected chi connectivity index (χ2v) is 5.72. The Kier molecular flexibility index (Phi) is 4.92. The van der Waals surface area contributed by atoms with E-state index in [2.05, 4.69) is 0 Å². The molecule has 0 aliphatic rings. The van der Waals surface area contributed by atoms with Crippen LogP contribution in [0.25, 0.3) is 0 Å². The van der Waals surface area contributed by atoms with Crippen LogP contribution < -0.4 is 10.0 Å². The zero-order valence-corrected chi connectivity index (χ0v) is 11.1. The van der Waals surface area contributed by atoms with Gasteiger partial charge in [-0.25, -0.2) is 8.78 Å². The normalized spacial score (nSPS) is 11.6. The van der Waals surface area contributed by atoms with Crippen molar-refractivity contribution in [1.29, 1.82) is 0 Å². The molecule has 0 atom stereocenters. The molecule has 0 saturated carbocycles. The Morgan fingerprint density at radius 1 is 1.26 bits per heavy atom. The monoisotopic (exact) mass is 293 g/mol. The zero-order chi connectivity index (χ0) is 14.6. The summed E-state index contributed by atoms with van der Waals surface area (Å²) in [6.07, 6.45) is 0. The fourth-order valence-electron chi connectivity index (χ4n) is 1.09. The van der Waals surface area contributed by atoms with E-state index in [1.165, 1.54) is 14.1 Å². The van der Waals surface area contributed by atoms with Crippen molar-refractivity contribution in [3.8, 4) is 0 Å². The molecule has 0 radical (unpaired) electrons. The number of carbonyl (C=O) groups is 1. The number of amides is 1. The molecule has 0 saturated heterocycles. The lowest BCUT2D eigenvalue weighted by atomic mass is 10.3. The van der Waals surface area contributed by atoms with Crippen molar-refractivity contribution < 1.29 is 22.0 Å². The Hall–Kier alpha value is -1.58. The molecule has 1 aromatic carbocycles. The third-order valence-corrected chi connectivity index (χ3v) is 3.59. The minimum Gasteiger partial charge on any atom is -0.320 e. The first-order chi connectivity index (χ1) is 8.74. The second kappa shape index (κ2) is 6.04. The summed E-state index contributed by atoms with van der Waals surface area (Å²) >= 11 is 0. The highest BCUT2D eigenvalue weighted by atomic mass is 32.2. The highest BCUT2D eigenvalue weighted by molar-refractivity contribution is 7.87. The summed E-state index contributed by atoms with van der Waals surface area (Å²) in [5.41, 5.74) is -0.614. The van der Waals surface area contributed by atoms with Gasteiger partial charge in [0.1, 0.15) is 17.3 Å². The van der Waals surface area contributed by atoms with E-state index in [4.69, 9.17) is 0 Å². The molecule has 19 heavy (non-hydrogen) atoms. The van der Waals surface area contributed by atoms with Gasteiger partial charge in [-0.15, -0.1) is 0 Å². The Labute approximate surface area is 109 Å². The molecule has 9 heteroatoms. The van der Waals surface area contributed by atoms with Crippen LogP contribution >= 0.6 is 0 Å². The summed E-state index contributed by atoms with van der Waals surface area (Å²) in [6.45, 7) is -0.631. The maximum absolute atomic E-state index is 13.2. The van der Waals surface area contributed by atoms with Gasteiger partial charge in [0.05, 0.1) is 6.54 Å². The first kappa shape index (κ1) is 15.5. The van der Waals surface area contributed by atoms with Gasteiger partial charge < -0.3 is 5.32 Å². The Balaban J connectivity index is 2.67. The molecule has 0 heterocycles. The molecule has 1 rings (SSSR count). The van der Waals surface area contributed by atoms with Crippen molar-refractivity contribution in [2.24, 2.45) is 0 Å². The van der Waals surface area contributed by atoms with Crippen LogP contribution in [0.5, 0.6) is 0 Å². The first-order valence-corrected chi connectivity index (χ1v) is 6.59. The minimum absolute atomic E-state index is 0.614. The third kappa shape index (κ3) is 4.23. The number of benzene rings is 1. The van der Waals surface area contributed by atoms with Crippen LogP contribution in [-0.4, -0.2) is 39.3 Å². The van der Waals surface area contributed by atoms with Crippen LogP contribution in [0, 0.1) is 11.6 Å². The van der Waals surface area contributed by atoms with Gasteiger partial charge in [0.25, 0.3) is 10.2 Å². The number of nitrogens with zero attached hydrogens (tertiary/aromatic N) is 1. The fraction of sp³-hybridized carbons (Fsp3) is 0.300. The van der Waals surface area contributed by atoms with Crippen LogP contribution in [0.3, 0.4) is 0 Å². The van der Waals surface area contributed by atoms with E-state index in [0.717, 1.165) is 22.5 Å². The van der Waals surface area contributed by atoms with E-state index in [1.54, 1.807) is 0 Å². The maximum atomic E-state index is 13.2. The molecule has 0 spiro atoms. The predicted molar refractivity (Wildman–Crippen MR) is 65.6 cm³/mol. The quantitative estimate of drug-likeness (QED) is 0.819. The molecule has 2 N–H and O–H groups in total. The average molecular weight is 293 g/mol. The summed E-state index contributed by atoms with van der Waals surface area (Å²) in [5.74, 6) is -2.76. The molecule has 0 aliphatic heterocycles. The van der Waals surface area contributed by atoms with Gasteiger partial charge in [-0.3, -0.25) is 4.79 Å². The number of carbonyl (C=O) groups excluding carboxylic acids is 1. The zero-order valence-electron chi connectivity index (χ0n) is 10.3. The highest BCUT2D eigenvalue weighted by Gasteiger charge is 2.16. The molecule has 1 amide bonds. The fourth-order valence-corrected chi connectivity index (χ4v) is 1.66. The molecular weight excluding hydrogens is 280 g/mol. The lowest BCUT2D eigenvalue weighted by Crippen LogP contribution is -2.40. The Morgan fingerprint density at radius 3 is 2.26 bits per heavy atom. The van der Waals surface area contributed by atoms with Crippen LogP contribution in [0.1, 0.15) is 0 Å². The smallest absolute Gasteiger partial charge is 0.279 e. The summed E-state index contributed by atoms with van der Waals surface area (Å²) in [4.78, 5) is 11.4. The third-order valence-electron chi connectivity index (χ3n) is 2.12. The summed E-state index contributed by atoms with van der Waals surface area (Å²) in [5, 5.41) is 1.96. The molecule has 0 bridgehead atoms. The second-order valence-electron chi connectivity index (χ2n) is 3.75. The van der Waals surface area contributed by atoms with E-state index in [-0.39, 0.29) is 0 Å². The van der Waals surface area contributed by atoms with Crippen LogP contribution in [0.4, 0.5) is 14.5 Å². The van der Waals surface area contributed by atoms with Gasteiger partial charge in [0.15, 0.2) is 0 Å². The van der Waals surface area contributed by atoms with E-state index in [9.17, 15) is 22.0 Å². The molecular formula is C10H13F2N3O3S. The summed E-state index contributed by atoms with van der Waals surface area (Å²) < 4.78 is 51.9. The molecule has 0 aromatic heterocycles. The Morgan fingerprint density at radius 2 is 1.79 bits per heavy atom. The summed E-state index contributed by atoms with van der Waals surface area (Å²) in [7, 11) is -1.22. The Bertz CT molecular complexity index is 555. The average Bonchev–Trinajstić information content (AvgIpc) is 2.31. The SMILES string of the molecule is CN(C)S(=O)(=O)NCC(=O)Nc1c(F)cccc1F.